The van der Waals surface area contributed by atoms with Gasteiger partial charge in [0.15, 0.2) is 0 Å². The summed E-state index contributed by atoms with van der Waals surface area (Å²) in [4.78, 5) is 14.1. The molecule has 5 nitrogen and oxygen atoms in total. The molecule has 2 saturated heterocycles. The number of benzene rings is 1. The predicted molar refractivity (Wildman–Crippen MR) is 108 cm³/mol. The van der Waals surface area contributed by atoms with E-state index >= 15 is 0 Å². The van der Waals surface area contributed by atoms with Gasteiger partial charge < -0.3 is 10.2 Å². The number of halogens is 2. The van der Waals surface area contributed by atoms with Crippen molar-refractivity contribution in [1.82, 2.24) is 21.1 Å². The zero-order valence-electron chi connectivity index (χ0n) is 16.0. The highest BCUT2D eigenvalue weighted by Gasteiger charge is 2.26. The number of rotatable bonds is 8. The van der Waals surface area contributed by atoms with Gasteiger partial charge in [-0.15, -0.1) is 12.4 Å². The topological polar surface area (TPSA) is 56.4 Å². The Kier molecular flexibility index (Phi) is 8.96. The lowest BCUT2D eigenvalue weighted by atomic mass is 9.99. The highest BCUT2D eigenvalue weighted by Crippen LogP contribution is 2.25. The summed E-state index contributed by atoms with van der Waals surface area (Å²) in [6.45, 7) is 2.64. The molecule has 0 aliphatic carbocycles. The van der Waals surface area contributed by atoms with Gasteiger partial charge in [-0.25, -0.2) is 4.39 Å². The SMILES string of the molecule is CN(CCCCCC1CC(c2cccc(F)c2)NN1)C(=O)C1CCNC1.Cl. The molecular weight excluding hydrogens is 367 g/mol. The summed E-state index contributed by atoms with van der Waals surface area (Å²) < 4.78 is 13.3. The van der Waals surface area contributed by atoms with Crippen molar-refractivity contribution in [3.8, 4) is 0 Å². The van der Waals surface area contributed by atoms with E-state index in [0.717, 1.165) is 63.7 Å². The standard InChI is InChI=1S/C20H31FN4O.ClH/c1-25(20(26)16-9-10-22-14-16)11-4-2-3-8-18-13-19(24-23-18)15-6-5-7-17(21)12-15;/h5-7,12,16,18-19,22-24H,2-4,8-11,13-14H2,1H3;1H. The van der Waals surface area contributed by atoms with E-state index in [2.05, 4.69) is 16.2 Å². The molecule has 3 unspecified atom stereocenters. The van der Waals surface area contributed by atoms with E-state index in [-0.39, 0.29) is 36.1 Å². The molecule has 0 bridgehead atoms. The second-order valence-corrected chi connectivity index (χ2v) is 7.63. The van der Waals surface area contributed by atoms with Crippen LogP contribution >= 0.6 is 12.4 Å². The number of carbonyl (C=O) groups is 1. The van der Waals surface area contributed by atoms with Crippen LogP contribution in [0.4, 0.5) is 4.39 Å². The van der Waals surface area contributed by atoms with Crippen LogP contribution in [0.15, 0.2) is 24.3 Å². The number of amides is 1. The lowest BCUT2D eigenvalue weighted by molar-refractivity contribution is -0.133. The van der Waals surface area contributed by atoms with Crippen LogP contribution in [0, 0.1) is 11.7 Å². The third-order valence-corrected chi connectivity index (χ3v) is 5.56. The molecule has 0 radical (unpaired) electrons. The van der Waals surface area contributed by atoms with Gasteiger partial charge in [-0.05, 0) is 49.9 Å². The minimum absolute atomic E-state index is 0. The minimum Gasteiger partial charge on any atom is -0.345 e. The van der Waals surface area contributed by atoms with E-state index in [1.807, 2.05) is 18.0 Å². The van der Waals surface area contributed by atoms with Crippen LogP contribution in [0.1, 0.15) is 50.1 Å². The Balaban J connectivity index is 0.00000261. The van der Waals surface area contributed by atoms with E-state index in [4.69, 9.17) is 0 Å². The molecule has 1 amide bonds. The third kappa shape index (κ3) is 6.42. The van der Waals surface area contributed by atoms with E-state index < -0.39 is 0 Å². The molecule has 1 aromatic rings. The van der Waals surface area contributed by atoms with Gasteiger partial charge >= 0.3 is 0 Å². The summed E-state index contributed by atoms with van der Waals surface area (Å²) in [6.07, 6.45) is 6.37. The van der Waals surface area contributed by atoms with E-state index in [1.165, 1.54) is 6.07 Å². The van der Waals surface area contributed by atoms with Crippen LogP contribution < -0.4 is 16.2 Å². The van der Waals surface area contributed by atoms with Gasteiger partial charge in [-0.3, -0.25) is 15.6 Å². The summed E-state index contributed by atoms with van der Waals surface area (Å²) >= 11 is 0. The fourth-order valence-electron chi connectivity index (χ4n) is 3.96. The zero-order valence-corrected chi connectivity index (χ0v) is 16.9. The first kappa shape index (κ1) is 22.1. The molecule has 3 N–H and O–H groups in total. The summed E-state index contributed by atoms with van der Waals surface area (Å²) in [5, 5.41) is 3.25. The van der Waals surface area contributed by atoms with E-state index in [9.17, 15) is 9.18 Å². The van der Waals surface area contributed by atoms with Gasteiger partial charge in [0.2, 0.25) is 5.91 Å². The molecule has 152 valence electrons. The maximum atomic E-state index is 13.3. The highest BCUT2D eigenvalue weighted by atomic mass is 35.5. The molecule has 2 aliphatic rings. The zero-order chi connectivity index (χ0) is 18.4. The van der Waals surface area contributed by atoms with Gasteiger partial charge in [-0.2, -0.15) is 0 Å². The van der Waals surface area contributed by atoms with E-state index in [1.54, 1.807) is 12.1 Å². The second-order valence-electron chi connectivity index (χ2n) is 7.63. The molecule has 7 heteroatoms. The van der Waals surface area contributed by atoms with Gasteiger partial charge in [-0.1, -0.05) is 25.0 Å². The van der Waals surface area contributed by atoms with Gasteiger partial charge in [0, 0.05) is 32.2 Å². The fraction of sp³-hybridized carbons (Fsp3) is 0.650. The number of nitrogens with zero attached hydrogens (tertiary/aromatic N) is 1. The molecule has 1 aromatic carbocycles. The van der Waals surface area contributed by atoms with Crippen molar-refractivity contribution in [2.24, 2.45) is 5.92 Å². The first-order chi connectivity index (χ1) is 12.6. The average molecular weight is 399 g/mol. The Morgan fingerprint density at radius 2 is 2.11 bits per heavy atom. The molecule has 27 heavy (non-hydrogen) atoms. The Bertz CT molecular complexity index is 597. The molecule has 0 spiro atoms. The summed E-state index contributed by atoms with van der Waals surface area (Å²) in [5.41, 5.74) is 7.62. The number of hydrazine groups is 1. The second kappa shape index (κ2) is 11.0. The fourth-order valence-corrected chi connectivity index (χ4v) is 3.96. The molecule has 2 fully saturated rings. The van der Waals surface area contributed by atoms with Crippen LogP contribution in [-0.4, -0.2) is 43.5 Å². The Morgan fingerprint density at radius 3 is 2.85 bits per heavy atom. The predicted octanol–water partition coefficient (Wildman–Crippen LogP) is 2.78. The summed E-state index contributed by atoms with van der Waals surface area (Å²) in [5.74, 6) is 0.280. The first-order valence-corrected chi connectivity index (χ1v) is 9.85. The van der Waals surface area contributed by atoms with Crippen molar-refractivity contribution in [2.45, 2.75) is 50.6 Å². The number of nitrogens with one attached hydrogen (secondary N) is 3. The monoisotopic (exact) mass is 398 g/mol. The highest BCUT2D eigenvalue weighted by molar-refractivity contribution is 5.85. The molecular formula is C20H32ClFN4O. The van der Waals surface area contributed by atoms with Crippen molar-refractivity contribution < 1.29 is 9.18 Å². The number of carbonyl (C=O) groups excluding carboxylic acids is 1. The number of hydrogen-bond acceptors (Lipinski definition) is 4. The maximum absolute atomic E-state index is 13.3. The first-order valence-electron chi connectivity index (χ1n) is 9.85. The number of hydrogen-bond donors (Lipinski definition) is 3. The average Bonchev–Trinajstić information content (AvgIpc) is 3.32. The Hall–Kier alpha value is -1.21. The van der Waals surface area contributed by atoms with Crippen LogP contribution in [0.2, 0.25) is 0 Å². The quantitative estimate of drug-likeness (QED) is 0.589. The van der Waals surface area contributed by atoms with Gasteiger partial charge in [0.25, 0.3) is 0 Å². The third-order valence-electron chi connectivity index (χ3n) is 5.56. The maximum Gasteiger partial charge on any atom is 0.226 e. The van der Waals surface area contributed by atoms with Crippen LogP contribution in [0.5, 0.6) is 0 Å². The molecule has 3 atom stereocenters. The van der Waals surface area contributed by atoms with Crippen molar-refractivity contribution in [3.05, 3.63) is 35.6 Å². The number of unbranched alkanes of at least 4 members (excludes halogenated alkanes) is 2. The normalized spacial score (nSPS) is 24.6. The van der Waals surface area contributed by atoms with Crippen molar-refractivity contribution in [2.75, 3.05) is 26.7 Å². The summed E-state index contributed by atoms with van der Waals surface area (Å²) in [6, 6.07) is 7.42. The van der Waals surface area contributed by atoms with Crippen molar-refractivity contribution in [3.63, 3.8) is 0 Å². The smallest absolute Gasteiger partial charge is 0.226 e. The molecule has 3 rings (SSSR count). The lowest BCUT2D eigenvalue weighted by Crippen LogP contribution is -2.34. The Labute approximate surface area is 167 Å². The minimum atomic E-state index is -0.181. The van der Waals surface area contributed by atoms with Crippen LogP contribution in [-0.2, 0) is 4.79 Å². The molecule has 2 aliphatic heterocycles. The van der Waals surface area contributed by atoms with Gasteiger partial charge in [0.1, 0.15) is 5.82 Å². The molecule has 2 heterocycles. The van der Waals surface area contributed by atoms with Crippen molar-refractivity contribution in [1.29, 1.82) is 0 Å². The van der Waals surface area contributed by atoms with Crippen molar-refractivity contribution >= 4 is 18.3 Å². The van der Waals surface area contributed by atoms with Crippen LogP contribution in [0.3, 0.4) is 0 Å². The largest absolute Gasteiger partial charge is 0.345 e. The molecule has 0 aromatic heterocycles. The summed E-state index contributed by atoms with van der Waals surface area (Å²) in [7, 11) is 1.92. The van der Waals surface area contributed by atoms with E-state index in [0.29, 0.717) is 6.04 Å². The Morgan fingerprint density at radius 1 is 1.26 bits per heavy atom. The molecule has 0 saturated carbocycles. The van der Waals surface area contributed by atoms with Crippen LogP contribution in [0.25, 0.3) is 0 Å². The lowest BCUT2D eigenvalue weighted by Gasteiger charge is -2.20. The van der Waals surface area contributed by atoms with Gasteiger partial charge in [0.05, 0.1) is 5.92 Å².